The van der Waals surface area contributed by atoms with Gasteiger partial charge in [0.15, 0.2) is 0 Å². The third-order valence-electron chi connectivity index (χ3n) is 10.4. The molecule has 274 valence electrons. The molecular weight excluding hydrogens is 681 g/mol. The zero-order chi connectivity index (χ0) is 38.8. The van der Waals surface area contributed by atoms with Gasteiger partial charge in [0.2, 0.25) is 5.95 Å². The molecule has 0 saturated heterocycles. The third kappa shape index (κ3) is 7.34. The summed E-state index contributed by atoms with van der Waals surface area (Å²) in [5.41, 5.74) is 19.3. The largest absolute Gasteiger partial charge is 0.309 e. The molecule has 1 aromatic heterocycles. The van der Waals surface area contributed by atoms with E-state index in [1.54, 1.807) is 0 Å². The van der Waals surface area contributed by atoms with E-state index in [0.717, 1.165) is 50.6 Å². The molecule has 0 fully saturated rings. The summed E-state index contributed by atoms with van der Waals surface area (Å²) in [6.07, 6.45) is 1.86. The lowest BCUT2D eigenvalue weighted by atomic mass is 9.97. The van der Waals surface area contributed by atoms with Gasteiger partial charge in [-0.2, -0.15) is 0 Å². The Morgan fingerprint density at radius 1 is 0.357 bits per heavy atom. The zero-order valence-electron chi connectivity index (χ0n) is 33.0. The summed E-state index contributed by atoms with van der Waals surface area (Å²) in [6, 6.07) is 58.2. The second-order valence-corrected chi connectivity index (χ2v) is 14.8. The smallest absolute Gasteiger partial charge is 0.235 e. The summed E-state index contributed by atoms with van der Waals surface area (Å²) in [5.74, 6) is 0.593. The Hall–Kier alpha value is -6.78. The number of rotatable bonds is 9. The van der Waals surface area contributed by atoms with Crippen LogP contribution in [0.25, 0.3) is 33.5 Å². The van der Waals surface area contributed by atoms with Gasteiger partial charge in [-0.3, -0.25) is 4.90 Å². The fourth-order valence-electron chi connectivity index (χ4n) is 8.11. The summed E-state index contributed by atoms with van der Waals surface area (Å²) >= 11 is 0. The summed E-state index contributed by atoms with van der Waals surface area (Å²) in [5, 5.41) is 0. The standard InChI is InChI=1S/C52H46N4/c1-35-28-37(3)50(38(4)29-35)56(51-39(5)30-36(2)31-40(51)6)47-24-22-46(23-25-47)55(52-53-27-26-49(54-52)43-20-14-9-15-21-43)48-33-44(41-16-10-7-11-17-41)32-45(34-48)42-18-12-8-13-19-42/h7-34H,1-6H3. The van der Waals surface area contributed by atoms with Gasteiger partial charge in [-0.25, -0.2) is 9.97 Å². The molecule has 4 nitrogen and oxygen atoms in total. The minimum Gasteiger partial charge on any atom is -0.309 e. The molecule has 1 heterocycles. The first-order valence-corrected chi connectivity index (χ1v) is 19.2. The van der Waals surface area contributed by atoms with E-state index in [-0.39, 0.29) is 0 Å². The molecule has 0 aliphatic carbocycles. The van der Waals surface area contributed by atoms with Gasteiger partial charge in [-0.1, -0.05) is 126 Å². The van der Waals surface area contributed by atoms with Crippen molar-refractivity contribution in [3.05, 3.63) is 203 Å². The molecule has 0 aliphatic rings. The highest BCUT2D eigenvalue weighted by Crippen LogP contribution is 2.45. The van der Waals surface area contributed by atoms with Crippen LogP contribution < -0.4 is 9.80 Å². The van der Waals surface area contributed by atoms with Crippen molar-refractivity contribution in [3.8, 4) is 33.5 Å². The second-order valence-electron chi connectivity index (χ2n) is 14.8. The summed E-state index contributed by atoms with van der Waals surface area (Å²) in [6.45, 7) is 13.2. The monoisotopic (exact) mass is 726 g/mol. The summed E-state index contributed by atoms with van der Waals surface area (Å²) in [4.78, 5) is 14.8. The average molecular weight is 727 g/mol. The van der Waals surface area contributed by atoms with E-state index in [1.165, 1.54) is 44.8 Å². The predicted molar refractivity (Wildman–Crippen MR) is 236 cm³/mol. The topological polar surface area (TPSA) is 32.3 Å². The van der Waals surface area contributed by atoms with Crippen LogP contribution in [0.15, 0.2) is 170 Å². The van der Waals surface area contributed by atoms with Crippen LogP contribution in [0.4, 0.5) is 34.4 Å². The van der Waals surface area contributed by atoms with Crippen molar-refractivity contribution < 1.29 is 0 Å². The highest BCUT2D eigenvalue weighted by molar-refractivity contribution is 5.87. The summed E-state index contributed by atoms with van der Waals surface area (Å²) in [7, 11) is 0. The van der Waals surface area contributed by atoms with Crippen LogP contribution in [-0.2, 0) is 0 Å². The maximum Gasteiger partial charge on any atom is 0.235 e. The maximum absolute atomic E-state index is 5.22. The molecule has 0 saturated carbocycles. The first kappa shape index (κ1) is 36.2. The molecule has 8 aromatic rings. The highest BCUT2D eigenvalue weighted by Gasteiger charge is 2.23. The van der Waals surface area contributed by atoms with Gasteiger partial charge in [0.25, 0.3) is 0 Å². The van der Waals surface area contributed by atoms with Gasteiger partial charge in [-0.05, 0) is 135 Å². The Labute approximate surface area is 331 Å². The Kier molecular flexibility index (Phi) is 10.0. The van der Waals surface area contributed by atoms with Gasteiger partial charge >= 0.3 is 0 Å². The molecule has 0 amide bonds. The van der Waals surface area contributed by atoms with E-state index in [9.17, 15) is 0 Å². The number of hydrogen-bond acceptors (Lipinski definition) is 4. The van der Waals surface area contributed by atoms with Crippen molar-refractivity contribution >= 4 is 34.4 Å². The van der Waals surface area contributed by atoms with Crippen LogP contribution in [0.1, 0.15) is 33.4 Å². The highest BCUT2D eigenvalue weighted by atomic mass is 15.3. The second kappa shape index (κ2) is 15.5. The Morgan fingerprint density at radius 3 is 1.21 bits per heavy atom. The van der Waals surface area contributed by atoms with Gasteiger partial charge in [-0.15, -0.1) is 0 Å². The van der Waals surface area contributed by atoms with E-state index >= 15 is 0 Å². The van der Waals surface area contributed by atoms with E-state index in [1.807, 2.05) is 30.5 Å². The fourth-order valence-corrected chi connectivity index (χ4v) is 8.11. The number of nitrogens with zero attached hydrogens (tertiary/aromatic N) is 4. The fraction of sp³-hybridized carbons (Fsp3) is 0.115. The van der Waals surface area contributed by atoms with Crippen LogP contribution in [0.5, 0.6) is 0 Å². The molecule has 4 heteroatoms. The van der Waals surface area contributed by atoms with E-state index in [4.69, 9.17) is 9.97 Å². The maximum atomic E-state index is 5.22. The molecule has 0 aliphatic heterocycles. The van der Waals surface area contributed by atoms with E-state index < -0.39 is 0 Å². The van der Waals surface area contributed by atoms with Crippen molar-refractivity contribution in [2.45, 2.75) is 41.5 Å². The molecule has 7 aromatic carbocycles. The molecule has 8 rings (SSSR count). The predicted octanol–water partition coefficient (Wildman–Crippen LogP) is 14.3. The van der Waals surface area contributed by atoms with Crippen molar-refractivity contribution in [1.82, 2.24) is 9.97 Å². The Morgan fingerprint density at radius 2 is 0.768 bits per heavy atom. The quantitative estimate of drug-likeness (QED) is 0.148. The van der Waals surface area contributed by atoms with Crippen LogP contribution in [0.3, 0.4) is 0 Å². The molecule has 0 atom stereocenters. The molecule has 56 heavy (non-hydrogen) atoms. The van der Waals surface area contributed by atoms with Gasteiger partial charge in [0.05, 0.1) is 22.8 Å². The zero-order valence-corrected chi connectivity index (χ0v) is 33.0. The number of anilines is 6. The lowest BCUT2D eigenvalue weighted by Gasteiger charge is -2.32. The minimum absolute atomic E-state index is 0.593. The van der Waals surface area contributed by atoms with Crippen molar-refractivity contribution in [2.75, 3.05) is 9.80 Å². The van der Waals surface area contributed by atoms with Gasteiger partial charge < -0.3 is 4.90 Å². The van der Waals surface area contributed by atoms with E-state index in [2.05, 4.69) is 191 Å². The Balaban J connectivity index is 1.34. The number of aryl methyl sites for hydroxylation is 6. The van der Waals surface area contributed by atoms with Crippen molar-refractivity contribution in [2.24, 2.45) is 0 Å². The van der Waals surface area contributed by atoms with Crippen molar-refractivity contribution in [1.29, 1.82) is 0 Å². The van der Waals surface area contributed by atoms with Gasteiger partial charge in [0.1, 0.15) is 0 Å². The third-order valence-corrected chi connectivity index (χ3v) is 10.4. The first-order valence-electron chi connectivity index (χ1n) is 19.2. The average Bonchev–Trinajstić information content (AvgIpc) is 3.21. The van der Waals surface area contributed by atoms with Crippen LogP contribution >= 0.6 is 0 Å². The van der Waals surface area contributed by atoms with Gasteiger partial charge in [0, 0.05) is 23.1 Å². The molecule has 0 N–H and O–H groups in total. The number of benzene rings is 7. The number of aromatic nitrogens is 2. The van der Waals surface area contributed by atoms with Crippen LogP contribution in [-0.4, -0.2) is 9.97 Å². The van der Waals surface area contributed by atoms with Crippen LogP contribution in [0.2, 0.25) is 0 Å². The first-order chi connectivity index (χ1) is 27.2. The molecular formula is C52H46N4. The number of hydrogen-bond donors (Lipinski definition) is 0. The van der Waals surface area contributed by atoms with Crippen LogP contribution in [0, 0.1) is 41.5 Å². The minimum atomic E-state index is 0.593. The Bertz CT molecular complexity index is 2470. The lowest BCUT2D eigenvalue weighted by Crippen LogP contribution is -2.17. The van der Waals surface area contributed by atoms with Crippen molar-refractivity contribution in [3.63, 3.8) is 0 Å². The molecule has 0 bridgehead atoms. The molecule has 0 unspecified atom stereocenters. The molecule has 0 radical (unpaired) electrons. The molecule has 0 spiro atoms. The normalized spacial score (nSPS) is 11.0. The lowest BCUT2D eigenvalue weighted by molar-refractivity contribution is 1.08. The SMILES string of the molecule is Cc1cc(C)c(N(c2ccc(N(c3cc(-c4ccccc4)cc(-c4ccccc4)c3)c3nccc(-c4ccccc4)n3)cc2)c2c(C)cc(C)cc2C)c(C)c1. The summed E-state index contributed by atoms with van der Waals surface area (Å²) < 4.78 is 0. The van der Waals surface area contributed by atoms with E-state index in [0.29, 0.717) is 5.95 Å².